The van der Waals surface area contributed by atoms with Crippen LogP contribution >= 0.6 is 0 Å². The van der Waals surface area contributed by atoms with Crippen molar-refractivity contribution >= 4 is 16.1 Å². The van der Waals surface area contributed by atoms with E-state index in [0.29, 0.717) is 6.44 Å². The molecule has 2 radical (unpaired) electrons. The first kappa shape index (κ1) is 8.24. The molecule has 0 aromatic heterocycles. The van der Waals surface area contributed by atoms with Crippen LogP contribution < -0.4 is 0 Å². The quantitative estimate of drug-likeness (QED) is 0.497. The molecule has 0 aliphatic heterocycles. The molecule has 0 saturated carbocycles. The Morgan fingerprint density at radius 2 is 1.75 bits per heavy atom. The number of nitrogens with zero attached hydrogens (tertiary/aromatic N) is 1. The Bertz CT molecular complexity index is 69.3. The summed E-state index contributed by atoms with van der Waals surface area (Å²) in [6, 6.07) is 0. The molecular weight excluding hydrogens is 113 g/mol. The Balaban J connectivity index is 3.62. The van der Waals surface area contributed by atoms with Crippen LogP contribution in [0.5, 0.6) is 0 Å². The summed E-state index contributed by atoms with van der Waals surface area (Å²) in [5.41, 5.74) is 0. The van der Waals surface area contributed by atoms with Crippen molar-refractivity contribution in [1.29, 1.82) is 0 Å². The Morgan fingerprint density at radius 3 is 1.75 bits per heavy atom. The van der Waals surface area contributed by atoms with Gasteiger partial charge in [0, 0.05) is 0 Å². The largest absolute Gasteiger partial charge is 0.335 e. The van der Waals surface area contributed by atoms with E-state index < -0.39 is 8.24 Å². The molecule has 0 unspecified atom stereocenters. The first-order chi connectivity index (χ1) is 3.48. The fourth-order valence-electron chi connectivity index (χ4n) is 0.274. The molecule has 0 N–H and O–H groups in total. The highest BCUT2D eigenvalue weighted by atomic mass is 28.3. The first-order valence-corrected chi connectivity index (χ1v) is 6.34. The summed E-state index contributed by atoms with van der Waals surface area (Å²) in [6.45, 7) is 6.83. The van der Waals surface area contributed by atoms with Gasteiger partial charge in [0.15, 0.2) is 0 Å². The van der Waals surface area contributed by atoms with E-state index in [1.807, 2.05) is 0 Å². The second-order valence-corrected chi connectivity index (χ2v) is 8.16. The van der Waals surface area contributed by atoms with E-state index in [-0.39, 0.29) is 0 Å². The predicted octanol–water partition coefficient (Wildman–Crippen LogP) is 0.879. The molecule has 0 amide bonds. The summed E-state index contributed by atoms with van der Waals surface area (Å²) in [7, 11) is 6.44. The van der Waals surface area contributed by atoms with Crippen molar-refractivity contribution < 1.29 is 0 Å². The molecule has 0 atom stereocenters. The van der Waals surface area contributed by atoms with E-state index in [9.17, 15) is 0 Å². The van der Waals surface area contributed by atoms with Crippen molar-refractivity contribution in [1.82, 2.24) is 4.57 Å². The third-order valence-electron chi connectivity index (χ3n) is 1.42. The molecule has 1 nitrogen and oxygen atoms in total. The molecule has 3 heteroatoms. The summed E-state index contributed by atoms with van der Waals surface area (Å²) in [6.07, 6.45) is 0.690. The second-order valence-electron chi connectivity index (χ2n) is 3.05. The minimum Gasteiger partial charge on any atom is -0.335 e. The normalized spacial score (nSPS) is 12.6. The fourth-order valence-corrected chi connectivity index (χ4v) is 0.822. The molecule has 0 aliphatic rings. The molecule has 0 bridgehead atoms. The van der Waals surface area contributed by atoms with Crippen LogP contribution in [0.2, 0.25) is 19.6 Å². The summed E-state index contributed by atoms with van der Waals surface area (Å²) in [4.78, 5) is 0. The summed E-state index contributed by atoms with van der Waals surface area (Å²) >= 11 is 0. The lowest BCUT2D eigenvalue weighted by atomic mass is 10.2. The lowest BCUT2D eigenvalue weighted by Crippen LogP contribution is -2.43. The van der Waals surface area contributed by atoms with Gasteiger partial charge in [0.2, 0.25) is 0 Å². The third kappa shape index (κ3) is 2.52. The highest BCUT2D eigenvalue weighted by Crippen LogP contribution is 2.03. The zero-order valence-electron chi connectivity index (χ0n) is 6.23. The second kappa shape index (κ2) is 2.69. The summed E-state index contributed by atoms with van der Waals surface area (Å²) in [5.74, 6) is 0. The van der Waals surface area contributed by atoms with Crippen molar-refractivity contribution in [3.05, 3.63) is 0 Å². The predicted molar refractivity (Wildman–Crippen MR) is 41.7 cm³/mol. The minimum atomic E-state index is -1.05. The number of hydrogen-bond donors (Lipinski definition) is 0. The van der Waals surface area contributed by atoms with Crippen LogP contribution in [-0.2, 0) is 0 Å². The fraction of sp³-hybridized carbons (Fsp3) is 1.00. The third-order valence-corrected chi connectivity index (χ3v) is 3.89. The zero-order valence-corrected chi connectivity index (χ0v) is 7.23. The highest BCUT2D eigenvalue weighted by Gasteiger charge is 2.16. The Labute approximate surface area is 54.6 Å². The molecule has 0 fully saturated rings. The van der Waals surface area contributed by atoms with Crippen molar-refractivity contribution in [2.45, 2.75) is 19.6 Å². The van der Waals surface area contributed by atoms with Crippen molar-refractivity contribution in [3.63, 3.8) is 0 Å². The van der Waals surface area contributed by atoms with Crippen LogP contribution in [0, 0.1) is 0 Å². The molecule has 0 aliphatic carbocycles. The van der Waals surface area contributed by atoms with E-state index in [0.717, 1.165) is 0 Å². The van der Waals surface area contributed by atoms with Crippen LogP contribution in [0.1, 0.15) is 0 Å². The van der Waals surface area contributed by atoms with Crippen LogP contribution in [0.4, 0.5) is 0 Å². The van der Waals surface area contributed by atoms with Crippen LogP contribution in [0.3, 0.4) is 0 Å². The molecule has 0 aromatic carbocycles. The average molecular weight is 127 g/mol. The van der Waals surface area contributed by atoms with Gasteiger partial charge in [0.05, 0.1) is 7.85 Å². The van der Waals surface area contributed by atoms with E-state index in [1.54, 1.807) is 0 Å². The topological polar surface area (TPSA) is 3.24 Å². The number of rotatable bonds is 2. The molecule has 0 rings (SSSR count). The average Bonchev–Trinajstić information content (AvgIpc) is 1.62. The lowest BCUT2D eigenvalue weighted by Gasteiger charge is -2.28. The monoisotopic (exact) mass is 127 g/mol. The molecule has 46 valence electrons. The van der Waals surface area contributed by atoms with Gasteiger partial charge in [-0.3, -0.25) is 0 Å². The van der Waals surface area contributed by atoms with Gasteiger partial charge < -0.3 is 4.57 Å². The van der Waals surface area contributed by atoms with Crippen molar-refractivity contribution in [2.75, 3.05) is 13.5 Å². The lowest BCUT2D eigenvalue weighted by molar-refractivity contribution is 0.598. The summed E-state index contributed by atoms with van der Waals surface area (Å²) < 4.78 is 2.23. The molecule has 8 heavy (non-hydrogen) atoms. The molecule has 0 spiro atoms. The highest BCUT2D eigenvalue weighted by molar-refractivity contribution is 6.73. The van der Waals surface area contributed by atoms with Gasteiger partial charge in [0.25, 0.3) is 0 Å². The van der Waals surface area contributed by atoms with Gasteiger partial charge in [-0.25, -0.2) is 0 Å². The van der Waals surface area contributed by atoms with Gasteiger partial charge >= 0.3 is 0 Å². The maximum Gasteiger partial charge on any atom is 0.118 e. The maximum absolute atomic E-state index is 5.42. The van der Waals surface area contributed by atoms with Gasteiger partial charge in [0.1, 0.15) is 8.24 Å². The molecule has 0 aromatic rings. The molecular formula is C5H14BNSi. The number of hydrogen-bond acceptors (Lipinski definition) is 1. The Kier molecular flexibility index (Phi) is 2.77. The van der Waals surface area contributed by atoms with Gasteiger partial charge in [-0.15, -0.1) is 0 Å². The van der Waals surface area contributed by atoms with Gasteiger partial charge in [-0.05, 0) is 13.5 Å². The standard InChI is InChI=1S/C5H14BNSi/c1-7(5-6)8(2,3)4/h5H2,1-4H3. The van der Waals surface area contributed by atoms with E-state index >= 15 is 0 Å². The van der Waals surface area contributed by atoms with E-state index in [4.69, 9.17) is 7.85 Å². The van der Waals surface area contributed by atoms with Crippen molar-refractivity contribution in [2.24, 2.45) is 0 Å². The summed E-state index contributed by atoms with van der Waals surface area (Å²) in [5, 5.41) is 0. The maximum atomic E-state index is 5.42. The zero-order chi connectivity index (χ0) is 6.78. The minimum absolute atomic E-state index is 0.690. The van der Waals surface area contributed by atoms with Crippen LogP contribution in [0.25, 0.3) is 0 Å². The van der Waals surface area contributed by atoms with Gasteiger partial charge in [-0.2, -0.15) is 0 Å². The smallest absolute Gasteiger partial charge is 0.118 e. The SMILES string of the molecule is [B]CN(C)[Si](C)(C)C. The molecule has 0 saturated heterocycles. The van der Waals surface area contributed by atoms with E-state index in [2.05, 4.69) is 31.3 Å². The van der Waals surface area contributed by atoms with Crippen LogP contribution in [-0.4, -0.2) is 34.1 Å². The molecule has 0 heterocycles. The van der Waals surface area contributed by atoms with Gasteiger partial charge in [-0.1, -0.05) is 19.6 Å². The first-order valence-electron chi connectivity index (χ1n) is 2.90. The van der Waals surface area contributed by atoms with Crippen molar-refractivity contribution in [3.8, 4) is 0 Å². The van der Waals surface area contributed by atoms with Crippen LogP contribution in [0.15, 0.2) is 0 Å². The Hall–Kier alpha value is 0.242. The Morgan fingerprint density at radius 1 is 1.38 bits per heavy atom. The van der Waals surface area contributed by atoms with E-state index in [1.165, 1.54) is 0 Å².